The van der Waals surface area contributed by atoms with Crippen LogP contribution in [0.3, 0.4) is 0 Å². The van der Waals surface area contributed by atoms with Gasteiger partial charge in [-0.25, -0.2) is 9.97 Å². The second-order valence-electron chi connectivity index (χ2n) is 8.82. The van der Waals surface area contributed by atoms with E-state index in [0.29, 0.717) is 18.9 Å². The Morgan fingerprint density at radius 3 is 2.24 bits per heavy atom. The first-order chi connectivity index (χ1) is 15.9. The van der Waals surface area contributed by atoms with E-state index in [2.05, 4.69) is 53.3 Å². The molecule has 5 rings (SSSR count). The minimum atomic E-state index is -0.0531. The van der Waals surface area contributed by atoms with Crippen molar-refractivity contribution in [3.63, 3.8) is 0 Å². The van der Waals surface area contributed by atoms with Gasteiger partial charge in [-0.2, -0.15) is 9.78 Å². The lowest BCUT2D eigenvalue weighted by molar-refractivity contribution is -0.119. The van der Waals surface area contributed by atoms with Crippen molar-refractivity contribution in [1.29, 1.82) is 0 Å². The van der Waals surface area contributed by atoms with E-state index in [0.717, 1.165) is 39.6 Å². The zero-order valence-electron chi connectivity index (χ0n) is 19.4. The van der Waals surface area contributed by atoms with Gasteiger partial charge in [0.25, 0.3) is 5.95 Å². The molecule has 3 heterocycles. The van der Waals surface area contributed by atoms with Crippen LogP contribution in [0.25, 0.3) is 5.95 Å². The second-order valence-corrected chi connectivity index (χ2v) is 8.82. The molecule has 0 saturated heterocycles. The van der Waals surface area contributed by atoms with Gasteiger partial charge in [-0.3, -0.25) is 9.69 Å². The lowest BCUT2D eigenvalue weighted by Crippen LogP contribution is -2.38. The number of anilines is 1. The predicted molar refractivity (Wildman–Crippen MR) is 129 cm³/mol. The molecule has 1 aliphatic heterocycles. The molecule has 2 aromatic carbocycles. The minimum absolute atomic E-state index is 0.0531. The van der Waals surface area contributed by atoms with Gasteiger partial charge >= 0.3 is 0 Å². The molecule has 0 unspecified atom stereocenters. The van der Waals surface area contributed by atoms with E-state index in [1.54, 1.807) is 4.68 Å². The molecule has 6 nitrogen and oxygen atoms in total. The number of benzene rings is 2. The molecule has 0 saturated carbocycles. The van der Waals surface area contributed by atoms with Gasteiger partial charge < -0.3 is 0 Å². The van der Waals surface area contributed by atoms with Crippen LogP contribution in [-0.4, -0.2) is 25.7 Å². The predicted octanol–water partition coefficient (Wildman–Crippen LogP) is 4.96. The Balaban J connectivity index is 1.70. The van der Waals surface area contributed by atoms with Gasteiger partial charge in [0.15, 0.2) is 0 Å². The van der Waals surface area contributed by atoms with Crippen molar-refractivity contribution in [3.8, 4) is 5.95 Å². The fourth-order valence-corrected chi connectivity index (χ4v) is 4.65. The number of hydrogen-bond donors (Lipinski definition) is 0. The number of carbonyl (C=O) groups is 1. The number of aromatic nitrogens is 4. The molecular weight excluding hydrogens is 410 g/mol. The zero-order valence-corrected chi connectivity index (χ0v) is 19.4. The SMILES string of the molecule is Cc1ccc(CN2C(=O)C[C@@H](c3ccccc3)c3c(C)nn(-c4nc(C)cc(C)n4)c32)cc1. The summed E-state index contributed by atoms with van der Waals surface area (Å²) in [6.45, 7) is 8.44. The summed E-state index contributed by atoms with van der Waals surface area (Å²) in [5.41, 5.74) is 7.07. The molecular formula is C27H27N5O. The summed E-state index contributed by atoms with van der Waals surface area (Å²) >= 11 is 0. The molecule has 0 bridgehead atoms. The molecule has 33 heavy (non-hydrogen) atoms. The number of hydrogen-bond acceptors (Lipinski definition) is 4. The van der Waals surface area contributed by atoms with E-state index in [1.165, 1.54) is 5.56 Å². The summed E-state index contributed by atoms with van der Waals surface area (Å²) in [5.74, 6) is 1.28. The van der Waals surface area contributed by atoms with Crippen LogP contribution in [-0.2, 0) is 11.3 Å². The number of nitrogens with zero attached hydrogens (tertiary/aromatic N) is 5. The Labute approximate surface area is 193 Å². The maximum atomic E-state index is 13.6. The second kappa shape index (κ2) is 8.28. The third kappa shape index (κ3) is 3.93. The van der Waals surface area contributed by atoms with Gasteiger partial charge in [0, 0.05) is 29.3 Å². The molecule has 6 heteroatoms. The Bertz CT molecular complexity index is 1300. The summed E-state index contributed by atoms with van der Waals surface area (Å²) in [5, 5.41) is 4.86. The number of rotatable bonds is 4. The standard InChI is InChI=1S/C27H27N5O/c1-17-10-12-21(13-11-17)16-31-24(33)15-23(22-8-6-5-7-9-22)25-20(4)30-32(26(25)31)27-28-18(2)14-19(3)29-27/h5-14,23H,15-16H2,1-4H3/t23-/m0/s1. The van der Waals surface area contributed by atoms with Gasteiger partial charge in [-0.05, 0) is 44.9 Å². The smallest absolute Gasteiger partial charge is 0.252 e. The van der Waals surface area contributed by atoms with Crippen LogP contribution in [0.1, 0.15) is 51.7 Å². The summed E-state index contributed by atoms with van der Waals surface area (Å²) in [7, 11) is 0. The van der Waals surface area contributed by atoms with E-state index >= 15 is 0 Å². The Kier molecular flexibility index (Phi) is 5.29. The van der Waals surface area contributed by atoms with Gasteiger partial charge in [0.1, 0.15) is 5.82 Å². The lowest BCUT2D eigenvalue weighted by Gasteiger charge is -2.33. The summed E-state index contributed by atoms with van der Waals surface area (Å²) in [6, 6.07) is 20.4. The highest BCUT2D eigenvalue weighted by Crippen LogP contribution is 2.43. The molecule has 1 atom stereocenters. The maximum absolute atomic E-state index is 13.6. The van der Waals surface area contributed by atoms with Crippen LogP contribution in [0, 0.1) is 27.7 Å². The maximum Gasteiger partial charge on any atom is 0.252 e. The highest BCUT2D eigenvalue weighted by Gasteiger charge is 2.38. The largest absolute Gasteiger partial charge is 0.292 e. The average molecular weight is 438 g/mol. The minimum Gasteiger partial charge on any atom is -0.292 e. The van der Waals surface area contributed by atoms with Crippen LogP contribution < -0.4 is 4.90 Å². The van der Waals surface area contributed by atoms with E-state index < -0.39 is 0 Å². The number of fused-ring (bicyclic) bond motifs is 1. The van der Waals surface area contributed by atoms with Crippen molar-refractivity contribution in [2.75, 3.05) is 4.90 Å². The van der Waals surface area contributed by atoms with E-state index in [4.69, 9.17) is 5.10 Å². The first-order valence-electron chi connectivity index (χ1n) is 11.2. The number of aryl methyl sites for hydroxylation is 4. The van der Waals surface area contributed by atoms with Gasteiger partial charge in [0.2, 0.25) is 5.91 Å². The highest BCUT2D eigenvalue weighted by molar-refractivity contribution is 5.97. The van der Waals surface area contributed by atoms with Crippen LogP contribution in [0.5, 0.6) is 0 Å². The molecule has 1 aliphatic rings. The Hall–Kier alpha value is -3.80. The topological polar surface area (TPSA) is 63.9 Å². The van der Waals surface area contributed by atoms with Crippen molar-refractivity contribution >= 4 is 11.7 Å². The van der Waals surface area contributed by atoms with E-state index in [1.807, 2.05) is 49.9 Å². The van der Waals surface area contributed by atoms with Gasteiger partial charge in [0.05, 0.1) is 12.2 Å². The van der Waals surface area contributed by atoms with E-state index in [9.17, 15) is 4.79 Å². The van der Waals surface area contributed by atoms with Gasteiger partial charge in [-0.15, -0.1) is 0 Å². The fourth-order valence-electron chi connectivity index (χ4n) is 4.65. The lowest BCUT2D eigenvalue weighted by atomic mass is 9.85. The quantitative estimate of drug-likeness (QED) is 0.452. The molecule has 0 aliphatic carbocycles. The van der Waals surface area contributed by atoms with Crippen LogP contribution in [0.2, 0.25) is 0 Å². The monoisotopic (exact) mass is 437 g/mol. The Morgan fingerprint density at radius 2 is 1.58 bits per heavy atom. The van der Waals surface area contributed by atoms with Crippen molar-refractivity contribution < 1.29 is 4.79 Å². The molecule has 166 valence electrons. The molecule has 0 N–H and O–H groups in total. The third-order valence-electron chi connectivity index (χ3n) is 6.19. The molecule has 4 aromatic rings. The number of carbonyl (C=O) groups excluding carboxylic acids is 1. The normalized spacial score (nSPS) is 15.6. The number of amides is 1. The molecule has 2 aromatic heterocycles. The van der Waals surface area contributed by atoms with Crippen molar-refractivity contribution in [2.45, 2.75) is 46.6 Å². The first-order valence-corrected chi connectivity index (χ1v) is 11.2. The van der Waals surface area contributed by atoms with Crippen LogP contribution in [0.15, 0.2) is 60.7 Å². The fraction of sp³-hybridized carbons (Fsp3) is 0.259. The average Bonchev–Trinajstić information content (AvgIpc) is 3.14. The third-order valence-corrected chi connectivity index (χ3v) is 6.19. The Morgan fingerprint density at radius 1 is 0.909 bits per heavy atom. The summed E-state index contributed by atoms with van der Waals surface area (Å²) in [4.78, 5) is 24.7. The van der Waals surface area contributed by atoms with Crippen molar-refractivity contribution in [3.05, 3.63) is 100.0 Å². The van der Waals surface area contributed by atoms with Crippen molar-refractivity contribution in [2.24, 2.45) is 0 Å². The highest BCUT2D eigenvalue weighted by atomic mass is 16.2. The van der Waals surface area contributed by atoms with Crippen LogP contribution >= 0.6 is 0 Å². The summed E-state index contributed by atoms with van der Waals surface area (Å²) < 4.78 is 1.76. The molecule has 1 amide bonds. The van der Waals surface area contributed by atoms with E-state index in [-0.39, 0.29) is 11.8 Å². The van der Waals surface area contributed by atoms with Gasteiger partial charge in [-0.1, -0.05) is 60.2 Å². The summed E-state index contributed by atoms with van der Waals surface area (Å²) in [6.07, 6.45) is 0.406. The molecule has 0 fully saturated rings. The molecule has 0 radical (unpaired) electrons. The van der Waals surface area contributed by atoms with Crippen molar-refractivity contribution in [1.82, 2.24) is 19.7 Å². The van der Waals surface area contributed by atoms with Crippen LogP contribution in [0.4, 0.5) is 5.82 Å². The molecule has 0 spiro atoms. The zero-order chi connectivity index (χ0) is 23.1. The first kappa shape index (κ1) is 21.1.